The molecule has 2 bridgehead atoms. The fourth-order valence-corrected chi connectivity index (χ4v) is 4.57. The summed E-state index contributed by atoms with van der Waals surface area (Å²) in [5.41, 5.74) is 4.72. The van der Waals surface area contributed by atoms with Gasteiger partial charge in [0.15, 0.2) is 0 Å². The standard InChI is InChI=1S/C18H27N/c1-11-7-6-8-12(2)17(11)19-16-10-14-9-15(13(16)3)18(14,4)5/h6-8,13-16,19H,9-10H2,1-5H3. The Bertz CT molecular complexity index is 468. The number of rotatable bonds is 2. The lowest BCUT2D eigenvalue weighted by molar-refractivity contribution is -0.105. The molecule has 104 valence electrons. The van der Waals surface area contributed by atoms with E-state index in [1.54, 1.807) is 0 Å². The van der Waals surface area contributed by atoms with Crippen molar-refractivity contribution in [3.05, 3.63) is 29.3 Å². The van der Waals surface area contributed by atoms with Gasteiger partial charge in [0.25, 0.3) is 0 Å². The Kier molecular flexibility index (Phi) is 2.92. The van der Waals surface area contributed by atoms with E-state index in [2.05, 4.69) is 58.1 Å². The number of hydrogen-bond donors (Lipinski definition) is 1. The average molecular weight is 257 g/mol. The molecule has 0 aromatic heterocycles. The lowest BCUT2D eigenvalue weighted by Crippen LogP contribution is -2.58. The summed E-state index contributed by atoms with van der Waals surface area (Å²) in [6.07, 6.45) is 2.80. The normalized spacial score (nSPS) is 35.6. The molecule has 1 aromatic carbocycles. The van der Waals surface area contributed by atoms with Gasteiger partial charge >= 0.3 is 0 Å². The van der Waals surface area contributed by atoms with Crippen LogP contribution in [0.25, 0.3) is 0 Å². The summed E-state index contributed by atoms with van der Waals surface area (Å²) in [5.74, 6) is 2.63. The van der Waals surface area contributed by atoms with Crippen LogP contribution in [0.15, 0.2) is 18.2 Å². The highest BCUT2D eigenvalue weighted by Crippen LogP contribution is 2.61. The molecule has 0 saturated heterocycles. The fraction of sp³-hybridized carbons (Fsp3) is 0.667. The Morgan fingerprint density at radius 1 is 1.11 bits per heavy atom. The molecule has 1 heteroatoms. The van der Waals surface area contributed by atoms with Crippen LogP contribution in [-0.4, -0.2) is 6.04 Å². The SMILES string of the molecule is Cc1cccc(C)c1NC1CC2CC(C1C)C2(C)C. The number of para-hydroxylation sites is 1. The lowest BCUT2D eigenvalue weighted by Gasteiger charge is -2.62. The minimum atomic E-state index is 0.582. The maximum Gasteiger partial charge on any atom is 0.0401 e. The molecular weight excluding hydrogens is 230 g/mol. The summed E-state index contributed by atoms with van der Waals surface area (Å²) in [6, 6.07) is 7.25. The van der Waals surface area contributed by atoms with Gasteiger partial charge in [0.2, 0.25) is 0 Å². The zero-order chi connectivity index (χ0) is 13.8. The van der Waals surface area contributed by atoms with E-state index in [0.717, 1.165) is 17.8 Å². The maximum absolute atomic E-state index is 3.87. The monoisotopic (exact) mass is 257 g/mol. The van der Waals surface area contributed by atoms with Gasteiger partial charge < -0.3 is 5.32 Å². The molecule has 1 nitrogen and oxygen atoms in total. The first-order valence-corrected chi connectivity index (χ1v) is 7.74. The van der Waals surface area contributed by atoms with Crippen LogP contribution in [0.4, 0.5) is 5.69 Å². The Balaban J connectivity index is 1.79. The highest BCUT2D eigenvalue weighted by molar-refractivity contribution is 5.57. The molecule has 1 aromatic rings. The van der Waals surface area contributed by atoms with Crippen LogP contribution in [0.5, 0.6) is 0 Å². The summed E-state index contributed by atoms with van der Waals surface area (Å²) in [5, 5.41) is 3.87. The summed E-state index contributed by atoms with van der Waals surface area (Å²) >= 11 is 0. The lowest BCUT2D eigenvalue weighted by atomic mass is 9.44. The second kappa shape index (κ2) is 4.26. The Morgan fingerprint density at radius 3 is 2.26 bits per heavy atom. The van der Waals surface area contributed by atoms with Crippen LogP contribution >= 0.6 is 0 Å². The molecule has 0 heterocycles. The molecule has 19 heavy (non-hydrogen) atoms. The molecular formula is C18H27N. The van der Waals surface area contributed by atoms with Crippen molar-refractivity contribution in [2.24, 2.45) is 23.2 Å². The molecule has 1 N–H and O–H groups in total. The van der Waals surface area contributed by atoms with Gasteiger partial charge in [-0.3, -0.25) is 0 Å². The topological polar surface area (TPSA) is 12.0 Å². The highest BCUT2D eigenvalue weighted by Gasteiger charge is 2.56. The first-order chi connectivity index (χ1) is 8.91. The van der Waals surface area contributed by atoms with Crippen LogP contribution in [0, 0.1) is 37.0 Å². The summed E-state index contributed by atoms with van der Waals surface area (Å²) in [7, 11) is 0. The number of anilines is 1. The molecule has 0 amide bonds. The third kappa shape index (κ3) is 1.89. The Labute approximate surface area is 117 Å². The van der Waals surface area contributed by atoms with Crippen LogP contribution in [0.1, 0.15) is 44.7 Å². The third-order valence-corrected chi connectivity index (χ3v) is 6.16. The van der Waals surface area contributed by atoms with Crippen molar-refractivity contribution in [3.8, 4) is 0 Å². The molecule has 3 fully saturated rings. The van der Waals surface area contributed by atoms with Crippen molar-refractivity contribution >= 4 is 5.69 Å². The average Bonchev–Trinajstić information content (AvgIpc) is 2.35. The number of fused-ring (bicyclic) bond motifs is 2. The second-order valence-corrected chi connectivity index (χ2v) is 7.47. The minimum absolute atomic E-state index is 0.582. The molecule has 0 aliphatic heterocycles. The van der Waals surface area contributed by atoms with Crippen molar-refractivity contribution in [1.29, 1.82) is 0 Å². The second-order valence-electron chi connectivity index (χ2n) is 7.47. The van der Waals surface area contributed by atoms with Gasteiger partial charge in [-0.05, 0) is 61.0 Å². The van der Waals surface area contributed by atoms with E-state index >= 15 is 0 Å². The highest BCUT2D eigenvalue weighted by atomic mass is 15.0. The van der Waals surface area contributed by atoms with Crippen LogP contribution in [-0.2, 0) is 0 Å². The predicted molar refractivity (Wildman–Crippen MR) is 82.5 cm³/mol. The van der Waals surface area contributed by atoms with Gasteiger partial charge in [0.1, 0.15) is 0 Å². The maximum atomic E-state index is 3.87. The van der Waals surface area contributed by atoms with Gasteiger partial charge in [0.05, 0.1) is 0 Å². The quantitative estimate of drug-likeness (QED) is 0.803. The smallest absolute Gasteiger partial charge is 0.0401 e. The summed E-state index contributed by atoms with van der Waals surface area (Å²) in [4.78, 5) is 0. The largest absolute Gasteiger partial charge is 0.382 e. The molecule has 0 spiro atoms. The minimum Gasteiger partial charge on any atom is -0.382 e. The van der Waals surface area contributed by atoms with Crippen LogP contribution < -0.4 is 5.32 Å². The predicted octanol–water partition coefficient (Wildman–Crippen LogP) is 4.79. The van der Waals surface area contributed by atoms with Crippen molar-refractivity contribution in [3.63, 3.8) is 0 Å². The van der Waals surface area contributed by atoms with Gasteiger partial charge in [-0.15, -0.1) is 0 Å². The Morgan fingerprint density at radius 2 is 1.74 bits per heavy atom. The third-order valence-electron chi connectivity index (χ3n) is 6.16. The summed E-state index contributed by atoms with van der Waals surface area (Å²) in [6.45, 7) is 11.8. The molecule has 3 aliphatic rings. The molecule has 0 radical (unpaired) electrons. The van der Waals surface area contributed by atoms with E-state index in [1.807, 2.05) is 0 Å². The Hall–Kier alpha value is -0.980. The van der Waals surface area contributed by atoms with Gasteiger partial charge in [-0.25, -0.2) is 0 Å². The van der Waals surface area contributed by atoms with Crippen molar-refractivity contribution in [2.75, 3.05) is 5.32 Å². The summed E-state index contributed by atoms with van der Waals surface area (Å²) < 4.78 is 0. The first kappa shape index (κ1) is 13.0. The number of nitrogens with one attached hydrogen (secondary N) is 1. The first-order valence-electron chi connectivity index (χ1n) is 7.74. The van der Waals surface area contributed by atoms with Gasteiger partial charge in [0, 0.05) is 11.7 Å². The number of aryl methyl sites for hydroxylation is 2. The zero-order valence-corrected chi connectivity index (χ0v) is 13.0. The van der Waals surface area contributed by atoms with Crippen molar-refractivity contribution in [1.82, 2.24) is 0 Å². The molecule has 3 aliphatic carbocycles. The molecule has 4 unspecified atom stereocenters. The van der Waals surface area contributed by atoms with Crippen molar-refractivity contribution < 1.29 is 0 Å². The van der Waals surface area contributed by atoms with Gasteiger partial charge in [-0.2, -0.15) is 0 Å². The van der Waals surface area contributed by atoms with E-state index in [1.165, 1.54) is 29.7 Å². The van der Waals surface area contributed by atoms with E-state index in [4.69, 9.17) is 0 Å². The van der Waals surface area contributed by atoms with Gasteiger partial charge in [-0.1, -0.05) is 39.0 Å². The molecule has 3 saturated carbocycles. The van der Waals surface area contributed by atoms with Crippen LogP contribution in [0.2, 0.25) is 0 Å². The number of benzene rings is 1. The van der Waals surface area contributed by atoms with E-state index < -0.39 is 0 Å². The molecule has 4 atom stereocenters. The molecule has 4 rings (SSSR count). The number of hydrogen-bond acceptors (Lipinski definition) is 1. The van der Waals surface area contributed by atoms with E-state index in [0.29, 0.717) is 11.5 Å². The van der Waals surface area contributed by atoms with Crippen LogP contribution in [0.3, 0.4) is 0 Å². The van der Waals surface area contributed by atoms with E-state index in [-0.39, 0.29) is 0 Å². The fourth-order valence-electron chi connectivity index (χ4n) is 4.57. The zero-order valence-electron chi connectivity index (χ0n) is 13.0. The van der Waals surface area contributed by atoms with E-state index in [9.17, 15) is 0 Å². The van der Waals surface area contributed by atoms with Crippen molar-refractivity contribution in [2.45, 2.75) is 53.5 Å².